The third-order valence-corrected chi connectivity index (χ3v) is 3.71. The Kier molecular flexibility index (Phi) is 3.99. The van der Waals surface area contributed by atoms with Crippen molar-refractivity contribution in [1.29, 1.82) is 0 Å². The molecule has 1 saturated heterocycles. The van der Waals surface area contributed by atoms with E-state index in [-0.39, 0.29) is 25.2 Å². The highest BCUT2D eigenvalue weighted by Crippen LogP contribution is 2.25. The summed E-state index contributed by atoms with van der Waals surface area (Å²) in [5.74, 6) is 0.304. The van der Waals surface area contributed by atoms with Crippen LogP contribution >= 0.6 is 0 Å². The van der Waals surface area contributed by atoms with Crippen LogP contribution in [0.3, 0.4) is 0 Å². The van der Waals surface area contributed by atoms with Crippen LogP contribution in [0.25, 0.3) is 0 Å². The zero-order valence-electron chi connectivity index (χ0n) is 10.5. The van der Waals surface area contributed by atoms with E-state index >= 15 is 0 Å². The van der Waals surface area contributed by atoms with E-state index in [4.69, 9.17) is 5.11 Å². The van der Waals surface area contributed by atoms with Gasteiger partial charge in [0.1, 0.15) is 0 Å². The van der Waals surface area contributed by atoms with Crippen LogP contribution in [0.1, 0.15) is 29.3 Å². The van der Waals surface area contributed by atoms with Gasteiger partial charge >= 0.3 is 0 Å². The minimum atomic E-state index is -0.0741. The van der Waals surface area contributed by atoms with E-state index in [1.54, 1.807) is 29.2 Å². The second-order valence-electron chi connectivity index (χ2n) is 4.87. The maximum atomic E-state index is 12.3. The molecule has 1 aliphatic rings. The van der Waals surface area contributed by atoms with Gasteiger partial charge in [-0.2, -0.15) is 0 Å². The van der Waals surface area contributed by atoms with Crippen LogP contribution in [0.2, 0.25) is 0 Å². The molecule has 1 aromatic carbocycles. The number of amides is 1. The summed E-state index contributed by atoms with van der Waals surface area (Å²) in [6.45, 7) is 2.76. The summed E-state index contributed by atoms with van der Waals surface area (Å²) in [4.78, 5) is 14.1. The van der Waals surface area contributed by atoms with Gasteiger partial charge in [0.2, 0.25) is 0 Å². The molecule has 1 amide bonds. The second-order valence-corrected chi connectivity index (χ2v) is 4.87. The highest BCUT2D eigenvalue weighted by Gasteiger charge is 2.34. The standard InChI is InChI=1S/C14H19NO3/c1-10-6-7-15(13(10)9-17)14(18)12-4-2-11(8-16)3-5-12/h2-5,10,13,16-17H,6-9H2,1H3. The number of aliphatic hydroxyl groups excluding tert-OH is 2. The summed E-state index contributed by atoms with van der Waals surface area (Å²) < 4.78 is 0. The third-order valence-electron chi connectivity index (χ3n) is 3.71. The van der Waals surface area contributed by atoms with E-state index in [2.05, 4.69) is 6.92 Å². The van der Waals surface area contributed by atoms with Crippen LogP contribution in [-0.4, -0.2) is 40.2 Å². The normalized spacial score (nSPS) is 23.4. The van der Waals surface area contributed by atoms with Gasteiger partial charge in [-0.15, -0.1) is 0 Å². The first kappa shape index (κ1) is 13.1. The molecule has 4 heteroatoms. The summed E-state index contributed by atoms with van der Waals surface area (Å²) >= 11 is 0. The van der Waals surface area contributed by atoms with Crippen LogP contribution in [0.4, 0.5) is 0 Å². The molecule has 1 aromatic rings. The third kappa shape index (κ3) is 2.40. The number of nitrogens with zero attached hydrogens (tertiary/aromatic N) is 1. The molecular formula is C14H19NO3. The molecule has 0 saturated carbocycles. The Balaban J connectivity index is 2.15. The van der Waals surface area contributed by atoms with Crippen molar-refractivity contribution in [3.63, 3.8) is 0 Å². The minimum Gasteiger partial charge on any atom is -0.394 e. The molecule has 0 aliphatic carbocycles. The monoisotopic (exact) mass is 249 g/mol. The van der Waals surface area contributed by atoms with Gasteiger partial charge in [-0.3, -0.25) is 4.79 Å². The van der Waals surface area contributed by atoms with Crippen LogP contribution < -0.4 is 0 Å². The van der Waals surface area contributed by atoms with Crippen molar-refractivity contribution in [3.8, 4) is 0 Å². The lowest BCUT2D eigenvalue weighted by Gasteiger charge is -2.25. The molecule has 2 rings (SSSR count). The Morgan fingerprint density at radius 1 is 1.33 bits per heavy atom. The van der Waals surface area contributed by atoms with Crippen molar-refractivity contribution < 1.29 is 15.0 Å². The molecule has 18 heavy (non-hydrogen) atoms. The van der Waals surface area contributed by atoms with Gasteiger partial charge in [0, 0.05) is 12.1 Å². The molecule has 1 heterocycles. The fraction of sp³-hybridized carbons (Fsp3) is 0.500. The second kappa shape index (κ2) is 5.50. The molecule has 0 radical (unpaired) electrons. The zero-order chi connectivity index (χ0) is 13.1. The van der Waals surface area contributed by atoms with Gasteiger partial charge in [-0.05, 0) is 30.0 Å². The molecule has 2 unspecified atom stereocenters. The SMILES string of the molecule is CC1CCN(C(=O)c2ccc(CO)cc2)C1CO. The van der Waals surface area contributed by atoms with Crippen LogP contribution in [0.5, 0.6) is 0 Å². The van der Waals surface area contributed by atoms with Crippen LogP contribution in [-0.2, 0) is 6.61 Å². The summed E-state index contributed by atoms with van der Waals surface area (Å²) in [5, 5.41) is 18.3. The maximum absolute atomic E-state index is 12.3. The van der Waals surface area contributed by atoms with Gasteiger partial charge < -0.3 is 15.1 Å². The van der Waals surface area contributed by atoms with Crippen molar-refractivity contribution in [3.05, 3.63) is 35.4 Å². The Labute approximate surface area is 107 Å². The number of likely N-dealkylation sites (tertiary alicyclic amines) is 1. The van der Waals surface area contributed by atoms with Crippen molar-refractivity contribution in [2.75, 3.05) is 13.2 Å². The molecule has 1 aliphatic heterocycles. The number of carbonyl (C=O) groups is 1. The molecule has 2 N–H and O–H groups in total. The molecule has 0 spiro atoms. The minimum absolute atomic E-state index is 0.0155. The van der Waals surface area contributed by atoms with Gasteiger partial charge in [-0.1, -0.05) is 19.1 Å². The first-order chi connectivity index (χ1) is 8.67. The fourth-order valence-electron chi connectivity index (χ4n) is 2.46. The summed E-state index contributed by atoms with van der Waals surface area (Å²) in [6, 6.07) is 6.88. The molecule has 0 bridgehead atoms. The Morgan fingerprint density at radius 2 is 2.00 bits per heavy atom. The summed E-state index contributed by atoms with van der Waals surface area (Å²) in [7, 11) is 0. The lowest BCUT2D eigenvalue weighted by atomic mass is 10.0. The van der Waals surface area contributed by atoms with Crippen molar-refractivity contribution >= 4 is 5.91 Å². The zero-order valence-corrected chi connectivity index (χ0v) is 10.5. The lowest BCUT2D eigenvalue weighted by molar-refractivity contribution is 0.0648. The largest absolute Gasteiger partial charge is 0.394 e. The van der Waals surface area contributed by atoms with Crippen molar-refractivity contribution in [2.45, 2.75) is 26.0 Å². The number of hydrogen-bond acceptors (Lipinski definition) is 3. The average Bonchev–Trinajstić information content (AvgIpc) is 2.79. The van der Waals surface area contributed by atoms with E-state index in [1.807, 2.05) is 0 Å². The summed E-state index contributed by atoms with van der Waals surface area (Å²) in [5.41, 5.74) is 1.40. The van der Waals surface area contributed by atoms with E-state index in [1.165, 1.54) is 0 Å². The van der Waals surface area contributed by atoms with Crippen molar-refractivity contribution in [2.24, 2.45) is 5.92 Å². The topological polar surface area (TPSA) is 60.8 Å². The summed E-state index contributed by atoms with van der Waals surface area (Å²) in [6.07, 6.45) is 0.936. The van der Waals surface area contributed by atoms with Gasteiger partial charge in [0.25, 0.3) is 5.91 Å². The van der Waals surface area contributed by atoms with Gasteiger partial charge in [0.15, 0.2) is 0 Å². The van der Waals surface area contributed by atoms with Crippen molar-refractivity contribution in [1.82, 2.24) is 4.90 Å². The molecule has 98 valence electrons. The number of rotatable bonds is 3. The fourth-order valence-corrected chi connectivity index (χ4v) is 2.46. The molecule has 1 fully saturated rings. The molecule has 4 nitrogen and oxygen atoms in total. The number of aliphatic hydroxyl groups is 2. The van der Waals surface area contributed by atoms with E-state index in [0.717, 1.165) is 12.0 Å². The van der Waals surface area contributed by atoms with Crippen LogP contribution in [0.15, 0.2) is 24.3 Å². The van der Waals surface area contributed by atoms with Crippen LogP contribution in [0, 0.1) is 5.92 Å². The number of benzene rings is 1. The average molecular weight is 249 g/mol. The van der Waals surface area contributed by atoms with E-state index in [0.29, 0.717) is 18.0 Å². The number of carbonyl (C=O) groups excluding carboxylic acids is 1. The van der Waals surface area contributed by atoms with Gasteiger partial charge in [-0.25, -0.2) is 0 Å². The molecule has 2 atom stereocenters. The van der Waals surface area contributed by atoms with Gasteiger partial charge in [0.05, 0.1) is 19.3 Å². The molecular weight excluding hydrogens is 230 g/mol. The quantitative estimate of drug-likeness (QED) is 0.841. The Morgan fingerprint density at radius 3 is 2.56 bits per heavy atom. The Bertz CT molecular complexity index is 416. The highest BCUT2D eigenvalue weighted by molar-refractivity contribution is 5.94. The predicted octanol–water partition coefficient (Wildman–Crippen LogP) is 1.02. The smallest absolute Gasteiger partial charge is 0.254 e. The first-order valence-electron chi connectivity index (χ1n) is 6.29. The van der Waals surface area contributed by atoms with E-state index in [9.17, 15) is 9.90 Å². The first-order valence-corrected chi connectivity index (χ1v) is 6.29. The number of hydrogen-bond donors (Lipinski definition) is 2. The Hall–Kier alpha value is -1.39. The lowest BCUT2D eigenvalue weighted by Crippen LogP contribution is -2.39. The predicted molar refractivity (Wildman–Crippen MR) is 68.1 cm³/mol. The van der Waals surface area contributed by atoms with E-state index < -0.39 is 0 Å². The maximum Gasteiger partial charge on any atom is 0.254 e. The highest BCUT2D eigenvalue weighted by atomic mass is 16.3. The molecule has 0 aromatic heterocycles.